The number of nitrogens with zero attached hydrogens (tertiary/aromatic N) is 2. The minimum atomic E-state index is 0.0238. The molecule has 4 nitrogen and oxygen atoms in total. The van der Waals surface area contributed by atoms with Crippen molar-refractivity contribution in [2.75, 3.05) is 13.1 Å². The average molecular weight is 263 g/mol. The molecule has 2 aromatic heterocycles. The van der Waals surface area contributed by atoms with Gasteiger partial charge in [0.05, 0.1) is 11.8 Å². The van der Waals surface area contributed by atoms with Gasteiger partial charge in [0.25, 0.3) is 5.56 Å². The third-order valence-corrected chi connectivity index (χ3v) is 3.82. The lowest BCUT2D eigenvalue weighted by atomic mass is 10.3. The molecule has 0 atom stereocenters. The van der Waals surface area contributed by atoms with E-state index in [-0.39, 0.29) is 5.56 Å². The number of hydrogen-bond acceptors (Lipinski definition) is 4. The minimum Gasteiger partial charge on any atom is -0.313 e. The highest BCUT2D eigenvalue weighted by Crippen LogP contribution is 2.19. The Morgan fingerprint density at radius 2 is 2.39 bits per heavy atom. The number of hydrogen-bond donors (Lipinski definition) is 1. The fourth-order valence-electron chi connectivity index (χ4n) is 1.77. The van der Waals surface area contributed by atoms with Crippen LogP contribution >= 0.6 is 11.3 Å². The third-order valence-electron chi connectivity index (χ3n) is 2.74. The van der Waals surface area contributed by atoms with Crippen LogP contribution in [0.1, 0.15) is 12.5 Å². The van der Waals surface area contributed by atoms with Crippen LogP contribution in [0, 0.1) is 6.92 Å². The quantitative estimate of drug-likeness (QED) is 0.839. The second kappa shape index (κ2) is 5.46. The van der Waals surface area contributed by atoms with Crippen LogP contribution in [0.4, 0.5) is 0 Å². The van der Waals surface area contributed by atoms with E-state index < -0.39 is 0 Å². The first-order chi connectivity index (χ1) is 8.63. The molecule has 0 aliphatic carbocycles. The molecule has 0 amide bonds. The van der Waals surface area contributed by atoms with E-state index in [1.165, 1.54) is 11.3 Å². The summed E-state index contributed by atoms with van der Waals surface area (Å²) in [6.07, 6.45) is 1.61. The summed E-state index contributed by atoms with van der Waals surface area (Å²) in [6.45, 7) is 10.1. The molecule has 96 valence electrons. The normalized spacial score (nSPS) is 11.0. The van der Waals surface area contributed by atoms with Gasteiger partial charge in [-0.3, -0.25) is 9.36 Å². The van der Waals surface area contributed by atoms with E-state index in [1.54, 1.807) is 10.9 Å². The third kappa shape index (κ3) is 2.52. The van der Waals surface area contributed by atoms with Crippen LogP contribution in [-0.2, 0) is 6.54 Å². The van der Waals surface area contributed by atoms with E-state index in [9.17, 15) is 4.79 Å². The predicted octanol–water partition coefficient (Wildman–Crippen LogP) is 1.93. The molecule has 0 saturated heterocycles. The van der Waals surface area contributed by atoms with Gasteiger partial charge in [0, 0.05) is 13.1 Å². The Morgan fingerprint density at radius 3 is 3.11 bits per heavy atom. The largest absolute Gasteiger partial charge is 0.313 e. The second-order valence-electron chi connectivity index (χ2n) is 4.30. The van der Waals surface area contributed by atoms with Gasteiger partial charge in [-0.15, -0.1) is 11.3 Å². The monoisotopic (exact) mass is 263 g/mol. The van der Waals surface area contributed by atoms with Crippen molar-refractivity contribution >= 4 is 21.6 Å². The summed E-state index contributed by atoms with van der Waals surface area (Å²) in [5, 5.41) is 5.17. The molecule has 2 aromatic rings. The molecule has 0 radical (unpaired) electrons. The number of rotatable bonds is 5. The van der Waals surface area contributed by atoms with Gasteiger partial charge in [-0.05, 0) is 30.0 Å². The van der Waals surface area contributed by atoms with E-state index in [0.717, 1.165) is 34.4 Å². The van der Waals surface area contributed by atoms with Crippen molar-refractivity contribution in [1.29, 1.82) is 0 Å². The lowest BCUT2D eigenvalue weighted by Crippen LogP contribution is -2.24. The molecule has 1 N–H and O–H groups in total. The van der Waals surface area contributed by atoms with E-state index >= 15 is 0 Å². The molecule has 2 heterocycles. The van der Waals surface area contributed by atoms with Crippen molar-refractivity contribution in [1.82, 2.24) is 14.9 Å². The molecule has 0 unspecified atom stereocenters. The fourth-order valence-corrected chi connectivity index (χ4v) is 2.72. The summed E-state index contributed by atoms with van der Waals surface area (Å²) < 4.78 is 2.35. The van der Waals surface area contributed by atoms with Gasteiger partial charge in [0.15, 0.2) is 0 Å². The Morgan fingerprint density at radius 1 is 1.61 bits per heavy atom. The van der Waals surface area contributed by atoms with Crippen molar-refractivity contribution < 1.29 is 0 Å². The minimum absolute atomic E-state index is 0.0238. The van der Waals surface area contributed by atoms with E-state index in [2.05, 4.69) is 16.9 Å². The Kier molecular flexibility index (Phi) is 3.93. The number of fused-ring (bicyclic) bond motifs is 1. The van der Waals surface area contributed by atoms with Gasteiger partial charge in [-0.2, -0.15) is 0 Å². The van der Waals surface area contributed by atoms with Crippen molar-refractivity contribution in [3.8, 4) is 0 Å². The summed E-state index contributed by atoms with van der Waals surface area (Å²) in [5.74, 6) is 0. The Labute approximate surface area is 110 Å². The van der Waals surface area contributed by atoms with E-state index in [1.807, 2.05) is 19.2 Å². The SMILES string of the molecule is C=C(CNCC)Cn1cnc2c(C)csc2c1=O. The van der Waals surface area contributed by atoms with Gasteiger partial charge in [0.2, 0.25) is 0 Å². The molecule has 5 heteroatoms. The van der Waals surface area contributed by atoms with Gasteiger partial charge >= 0.3 is 0 Å². The van der Waals surface area contributed by atoms with Gasteiger partial charge in [-0.1, -0.05) is 13.5 Å². The Bertz CT molecular complexity index is 627. The number of aryl methyl sites for hydroxylation is 1. The van der Waals surface area contributed by atoms with Crippen LogP contribution in [0.3, 0.4) is 0 Å². The lowest BCUT2D eigenvalue weighted by Gasteiger charge is -2.08. The van der Waals surface area contributed by atoms with Crippen molar-refractivity contribution in [3.05, 3.63) is 39.8 Å². The van der Waals surface area contributed by atoms with Crippen LogP contribution in [-0.4, -0.2) is 22.6 Å². The lowest BCUT2D eigenvalue weighted by molar-refractivity contribution is 0.683. The van der Waals surface area contributed by atoms with E-state index in [4.69, 9.17) is 0 Å². The molecule has 0 bridgehead atoms. The standard InChI is InChI=1S/C13H17N3OS/c1-4-14-5-9(2)6-16-8-15-11-10(3)7-18-12(11)13(16)17/h7-8,14H,2,4-6H2,1,3H3. The molecule has 0 aliphatic heterocycles. The highest BCUT2D eigenvalue weighted by Gasteiger charge is 2.08. The molecule has 0 aliphatic rings. The topological polar surface area (TPSA) is 46.9 Å². The second-order valence-corrected chi connectivity index (χ2v) is 5.18. The zero-order chi connectivity index (χ0) is 13.1. The molecule has 2 rings (SSSR count). The molecular weight excluding hydrogens is 246 g/mol. The van der Waals surface area contributed by atoms with E-state index in [0.29, 0.717) is 6.54 Å². The summed E-state index contributed by atoms with van der Waals surface area (Å²) in [4.78, 5) is 16.6. The summed E-state index contributed by atoms with van der Waals surface area (Å²) in [5.41, 5.74) is 2.88. The summed E-state index contributed by atoms with van der Waals surface area (Å²) in [7, 11) is 0. The Balaban J connectivity index is 2.27. The highest BCUT2D eigenvalue weighted by atomic mass is 32.1. The van der Waals surface area contributed by atoms with Crippen LogP contribution in [0.25, 0.3) is 10.2 Å². The number of aromatic nitrogens is 2. The number of nitrogens with one attached hydrogen (secondary N) is 1. The highest BCUT2D eigenvalue weighted by molar-refractivity contribution is 7.17. The summed E-state index contributed by atoms with van der Waals surface area (Å²) in [6, 6.07) is 0. The van der Waals surface area contributed by atoms with Crippen LogP contribution in [0.2, 0.25) is 0 Å². The molecule has 0 spiro atoms. The average Bonchev–Trinajstić information content (AvgIpc) is 2.73. The fraction of sp³-hybridized carbons (Fsp3) is 0.385. The van der Waals surface area contributed by atoms with Gasteiger partial charge in [0.1, 0.15) is 4.70 Å². The maximum atomic E-state index is 12.2. The van der Waals surface area contributed by atoms with Crippen molar-refractivity contribution in [2.45, 2.75) is 20.4 Å². The maximum Gasteiger partial charge on any atom is 0.271 e. The zero-order valence-electron chi connectivity index (χ0n) is 10.7. The van der Waals surface area contributed by atoms with Crippen LogP contribution < -0.4 is 10.9 Å². The number of likely N-dealkylation sites (N-methyl/N-ethyl adjacent to an activating group) is 1. The van der Waals surface area contributed by atoms with Crippen molar-refractivity contribution in [3.63, 3.8) is 0 Å². The molecule has 0 fully saturated rings. The predicted molar refractivity (Wildman–Crippen MR) is 76.3 cm³/mol. The first kappa shape index (κ1) is 13.0. The molecular formula is C13H17N3OS. The first-order valence-electron chi connectivity index (χ1n) is 5.94. The van der Waals surface area contributed by atoms with Crippen LogP contribution in [0.5, 0.6) is 0 Å². The first-order valence-corrected chi connectivity index (χ1v) is 6.82. The Hall–Kier alpha value is -1.46. The molecule has 0 aromatic carbocycles. The molecule has 0 saturated carbocycles. The van der Waals surface area contributed by atoms with Crippen LogP contribution in [0.15, 0.2) is 28.7 Å². The zero-order valence-corrected chi connectivity index (χ0v) is 11.5. The summed E-state index contributed by atoms with van der Waals surface area (Å²) >= 11 is 1.46. The smallest absolute Gasteiger partial charge is 0.271 e. The molecule has 18 heavy (non-hydrogen) atoms. The van der Waals surface area contributed by atoms with Gasteiger partial charge < -0.3 is 5.32 Å². The maximum absolute atomic E-state index is 12.2. The van der Waals surface area contributed by atoms with Crippen molar-refractivity contribution in [2.24, 2.45) is 0 Å². The number of thiophene rings is 1. The van der Waals surface area contributed by atoms with Gasteiger partial charge in [-0.25, -0.2) is 4.98 Å².